The summed E-state index contributed by atoms with van der Waals surface area (Å²) in [5.74, 6) is 0.192. The molecule has 0 spiro atoms. The molecule has 0 radical (unpaired) electrons. The third-order valence-corrected chi connectivity index (χ3v) is 4.39. The molecular formula is C20H27N3O3. The zero-order chi connectivity index (χ0) is 19.3. The Balaban J connectivity index is 2.12. The molecule has 26 heavy (non-hydrogen) atoms. The lowest BCUT2D eigenvalue weighted by Gasteiger charge is -2.36. The first kappa shape index (κ1) is 19.8. The normalized spacial score (nSPS) is 17.3. The van der Waals surface area contributed by atoms with Gasteiger partial charge in [0.1, 0.15) is 5.75 Å². The third kappa shape index (κ3) is 4.75. The summed E-state index contributed by atoms with van der Waals surface area (Å²) in [4.78, 5) is 27.0. The van der Waals surface area contributed by atoms with Crippen molar-refractivity contribution in [2.45, 2.75) is 40.5 Å². The average molecular weight is 357 g/mol. The van der Waals surface area contributed by atoms with Crippen molar-refractivity contribution in [3.8, 4) is 11.8 Å². The van der Waals surface area contributed by atoms with E-state index in [4.69, 9.17) is 10.00 Å². The van der Waals surface area contributed by atoms with Gasteiger partial charge in [-0.25, -0.2) is 0 Å². The molecule has 1 aliphatic rings. The summed E-state index contributed by atoms with van der Waals surface area (Å²) in [6.45, 7) is 9.10. The molecule has 0 aromatic heterocycles. The Morgan fingerprint density at radius 1 is 1.38 bits per heavy atom. The fourth-order valence-electron chi connectivity index (χ4n) is 3.06. The fourth-order valence-corrected chi connectivity index (χ4v) is 3.06. The van der Waals surface area contributed by atoms with E-state index in [2.05, 4.69) is 11.4 Å². The summed E-state index contributed by atoms with van der Waals surface area (Å²) < 4.78 is 5.54. The van der Waals surface area contributed by atoms with Gasteiger partial charge in [0.2, 0.25) is 11.8 Å². The number of anilines is 1. The van der Waals surface area contributed by atoms with E-state index in [0.29, 0.717) is 36.7 Å². The number of likely N-dealkylation sites (tertiary alicyclic amines) is 1. The van der Waals surface area contributed by atoms with Crippen LogP contribution in [-0.4, -0.2) is 36.4 Å². The molecule has 1 N–H and O–H groups in total. The van der Waals surface area contributed by atoms with Gasteiger partial charge in [-0.2, -0.15) is 5.26 Å². The third-order valence-electron chi connectivity index (χ3n) is 4.39. The maximum absolute atomic E-state index is 12.8. The number of nitrogens with one attached hydrogen (secondary N) is 1. The molecule has 1 heterocycles. The van der Waals surface area contributed by atoms with Crippen molar-refractivity contribution in [1.29, 1.82) is 5.26 Å². The van der Waals surface area contributed by atoms with Crippen LogP contribution in [0.1, 0.15) is 46.1 Å². The molecule has 1 saturated heterocycles. The lowest BCUT2D eigenvalue weighted by molar-refractivity contribution is -0.142. The highest BCUT2D eigenvalue weighted by molar-refractivity contribution is 5.95. The molecule has 1 aromatic rings. The van der Waals surface area contributed by atoms with Crippen LogP contribution in [-0.2, 0) is 9.59 Å². The average Bonchev–Trinajstić information content (AvgIpc) is 2.62. The van der Waals surface area contributed by atoms with E-state index >= 15 is 0 Å². The minimum atomic E-state index is -0.457. The van der Waals surface area contributed by atoms with Gasteiger partial charge in [-0.3, -0.25) is 9.59 Å². The van der Waals surface area contributed by atoms with E-state index in [-0.39, 0.29) is 17.7 Å². The van der Waals surface area contributed by atoms with Crippen molar-refractivity contribution < 1.29 is 14.3 Å². The van der Waals surface area contributed by atoms with Crippen LogP contribution in [0.5, 0.6) is 5.75 Å². The van der Waals surface area contributed by atoms with Gasteiger partial charge in [0, 0.05) is 18.5 Å². The predicted molar refractivity (Wildman–Crippen MR) is 99.7 cm³/mol. The smallest absolute Gasteiger partial charge is 0.229 e. The Bertz CT molecular complexity index is 716. The number of ether oxygens (including phenoxy) is 1. The van der Waals surface area contributed by atoms with Gasteiger partial charge in [-0.1, -0.05) is 20.8 Å². The van der Waals surface area contributed by atoms with Crippen molar-refractivity contribution in [2.24, 2.45) is 11.3 Å². The Morgan fingerprint density at radius 3 is 2.73 bits per heavy atom. The van der Waals surface area contributed by atoms with E-state index in [9.17, 15) is 9.59 Å². The van der Waals surface area contributed by atoms with Crippen LogP contribution < -0.4 is 10.1 Å². The maximum Gasteiger partial charge on any atom is 0.229 e. The minimum Gasteiger partial charge on any atom is -0.492 e. The van der Waals surface area contributed by atoms with Gasteiger partial charge in [-0.05, 0) is 38.0 Å². The monoisotopic (exact) mass is 357 g/mol. The largest absolute Gasteiger partial charge is 0.492 e. The van der Waals surface area contributed by atoms with Gasteiger partial charge < -0.3 is 15.0 Å². The first-order chi connectivity index (χ1) is 12.3. The molecule has 0 aliphatic carbocycles. The molecule has 1 atom stereocenters. The standard InChI is InChI=1S/C20H27N3O3/c1-5-26-17-9-8-14(12-21)11-16(17)22-18(24)15-7-6-10-23(13-15)19(25)20(2,3)4/h8-9,11,15H,5-7,10,13H2,1-4H3,(H,22,24). The summed E-state index contributed by atoms with van der Waals surface area (Å²) in [5.41, 5.74) is 0.494. The molecule has 140 valence electrons. The lowest BCUT2D eigenvalue weighted by atomic mass is 9.91. The van der Waals surface area contributed by atoms with Gasteiger partial charge in [0.05, 0.1) is 29.8 Å². The zero-order valence-corrected chi connectivity index (χ0v) is 16.0. The molecule has 6 nitrogen and oxygen atoms in total. The van der Waals surface area contributed by atoms with Crippen LogP contribution in [0.4, 0.5) is 5.69 Å². The number of carbonyl (C=O) groups is 2. The van der Waals surface area contributed by atoms with E-state index < -0.39 is 5.41 Å². The molecule has 0 saturated carbocycles. The molecule has 1 aliphatic heterocycles. The Kier molecular flexibility index (Phi) is 6.25. The Morgan fingerprint density at radius 2 is 2.12 bits per heavy atom. The minimum absolute atomic E-state index is 0.0662. The molecule has 0 bridgehead atoms. The van der Waals surface area contributed by atoms with E-state index in [1.807, 2.05) is 27.7 Å². The van der Waals surface area contributed by atoms with E-state index in [0.717, 1.165) is 12.8 Å². The number of nitriles is 1. The summed E-state index contributed by atoms with van der Waals surface area (Å²) in [6.07, 6.45) is 1.54. The summed E-state index contributed by atoms with van der Waals surface area (Å²) in [5, 5.41) is 12.0. The highest BCUT2D eigenvalue weighted by Gasteiger charge is 2.33. The fraction of sp³-hybridized carbons (Fsp3) is 0.550. The van der Waals surface area contributed by atoms with Crippen LogP contribution >= 0.6 is 0 Å². The van der Waals surface area contributed by atoms with Crippen molar-refractivity contribution in [3.63, 3.8) is 0 Å². The Labute approximate surface area is 155 Å². The van der Waals surface area contributed by atoms with Gasteiger partial charge in [-0.15, -0.1) is 0 Å². The van der Waals surface area contributed by atoms with Crippen LogP contribution in [0.3, 0.4) is 0 Å². The maximum atomic E-state index is 12.8. The number of hydrogen-bond acceptors (Lipinski definition) is 4. The first-order valence-corrected chi connectivity index (χ1v) is 9.03. The number of piperidine rings is 1. The number of nitrogens with zero attached hydrogens (tertiary/aromatic N) is 2. The van der Waals surface area contributed by atoms with Crippen molar-refractivity contribution >= 4 is 17.5 Å². The summed E-state index contributed by atoms with van der Waals surface area (Å²) in [7, 11) is 0. The van der Waals surface area contributed by atoms with Crippen LogP contribution in [0, 0.1) is 22.7 Å². The second-order valence-electron chi connectivity index (χ2n) is 7.59. The molecule has 2 amide bonds. The summed E-state index contributed by atoms with van der Waals surface area (Å²) >= 11 is 0. The number of hydrogen-bond donors (Lipinski definition) is 1. The lowest BCUT2D eigenvalue weighted by Crippen LogP contribution is -2.47. The van der Waals surface area contributed by atoms with Gasteiger partial charge in [0.15, 0.2) is 0 Å². The molecule has 1 unspecified atom stereocenters. The van der Waals surface area contributed by atoms with Gasteiger partial charge >= 0.3 is 0 Å². The highest BCUT2D eigenvalue weighted by Crippen LogP contribution is 2.28. The van der Waals surface area contributed by atoms with Crippen LogP contribution in [0.2, 0.25) is 0 Å². The van der Waals surface area contributed by atoms with Crippen molar-refractivity contribution in [2.75, 3.05) is 25.0 Å². The number of amides is 2. The number of carbonyl (C=O) groups excluding carboxylic acids is 2. The second kappa shape index (κ2) is 8.22. The first-order valence-electron chi connectivity index (χ1n) is 9.03. The Hall–Kier alpha value is -2.55. The summed E-state index contributed by atoms with van der Waals surface area (Å²) in [6, 6.07) is 7.03. The van der Waals surface area contributed by atoms with Crippen molar-refractivity contribution in [1.82, 2.24) is 4.90 Å². The molecule has 1 aromatic carbocycles. The molecule has 6 heteroatoms. The van der Waals surface area contributed by atoms with E-state index in [1.54, 1.807) is 23.1 Å². The predicted octanol–water partition coefficient (Wildman–Crippen LogP) is 3.18. The topological polar surface area (TPSA) is 82.4 Å². The van der Waals surface area contributed by atoms with Gasteiger partial charge in [0.25, 0.3) is 0 Å². The highest BCUT2D eigenvalue weighted by atomic mass is 16.5. The van der Waals surface area contributed by atoms with Crippen LogP contribution in [0.25, 0.3) is 0 Å². The second-order valence-corrected chi connectivity index (χ2v) is 7.59. The molecular weight excluding hydrogens is 330 g/mol. The van der Waals surface area contributed by atoms with E-state index in [1.165, 1.54) is 0 Å². The van der Waals surface area contributed by atoms with Crippen LogP contribution in [0.15, 0.2) is 18.2 Å². The quantitative estimate of drug-likeness (QED) is 0.897. The number of benzene rings is 1. The SMILES string of the molecule is CCOc1ccc(C#N)cc1NC(=O)C1CCCN(C(=O)C(C)(C)C)C1. The molecule has 2 rings (SSSR count). The van der Waals surface area contributed by atoms with Crippen molar-refractivity contribution in [3.05, 3.63) is 23.8 Å². The number of rotatable bonds is 4. The molecule has 1 fully saturated rings. The zero-order valence-electron chi connectivity index (χ0n) is 16.0.